The van der Waals surface area contributed by atoms with Crippen molar-refractivity contribution in [2.45, 2.75) is 91.3 Å². The smallest absolute Gasteiger partial charge is 0.248 e. The van der Waals surface area contributed by atoms with E-state index < -0.39 is 6.04 Å². The fourth-order valence-corrected chi connectivity index (χ4v) is 8.31. The molecule has 11 nitrogen and oxygen atoms in total. The van der Waals surface area contributed by atoms with Gasteiger partial charge in [-0.2, -0.15) is 5.10 Å². The minimum Gasteiger partial charge on any atom is -0.381 e. The second-order valence-electron chi connectivity index (χ2n) is 14.0. The molecule has 3 aliphatic rings. The molecule has 0 spiro atoms. The molecule has 5 heterocycles. The van der Waals surface area contributed by atoms with Gasteiger partial charge in [0.05, 0.1) is 12.1 Å². The average Bonchev–Trinajstić information content (AvgIpc) is 3.34. The molecule has 2 aliphatic heterocycles. The number of nitrogens with one attached hydrogen (secondary N) is 1. The molecular weight excluding hydrogens is 686 g/mol. The molecule has 2 unspecified atom stereocenters. The summed E-state index contributed by atoms with van der Waals surface area (Å²) in [5.74, 6) is 0.674. The number of amides is 2. The number of aryl methyl sites for hydroxylation is 3. The number of anilines is 1. The Hall–Kier alpha value is -4.03. The van der Waals surface area contributed by atoms with Gasteiger partial charge in [0, 0.05) is 48.3 Å². The lowest BCUT2D eigenvalue weighted by atomic mass is 9.96. The van der Waals surface area contributed by atoms with Crippen LogP contribution in [0.1, 0.15) is 79.8 Å². The van der Waals surface area contributed by atoms with Crippen LogP contribution in [0.5, 0.6) is 0 Å². The average molecular weight is 729 g/mol. The maximum atomic E-state index is 14.6. The highest BCUT2D eigenvalue weighted by Gasteiger charge is 2.72. The van der Waals surface area contributed by atoms with Gasteiger partial charge in [-0.05, 0) is 96.3 Å². The summed E-state index contributed by atoms with van der Waals surface area (Å²) in [7, 11) is 0. The van der Waals surface area contributed by atoms with Gasteiger partial charge in [-0.3, -0.25) is 19.1 Å². The van der Waals surface area contributed by atoms with Crippen molar-refractivity contribution < 1.29 is 19.1 Å². The lowest BCUT2D eigenvalue weighted by Gasteiger charge is -2.28. The van der Waals surface area contributed by atoms with Crippen LogP contribution in [0.3, 0.4) is 0 Å². The van der Waals surface area contributed by atoms with Crippen LogP contribution in [-0.2, 0) is 27.3 Å². The molecule has 12 heteroatoms. The molecule has 1 saturated carbocycles. The van der Waals surface area contributed by atoms with Gasteiger partial charge in [0.15, 0.2) is 5.78 Å². The second kappa shape index (κ2) is 13.4. The van der Waals surface area contributed by atoms with Gasteiger partial charge in [-0.15, -0.1) is 0 Å². The molecule has 4 aromatic rings. The number of hydrogen-bond donors (Lipinski definition) is 1. The molecule has 2 amide bonds. The molecule has 1 aliphatic carbocycles. The van der Waals surface area contributed by atoms with Crippen LogP contribution in [0.25, 0.3) is 22.0 Å². The molecule has 7 rings (SSSR count). The largest absolute Gasteiger partial charge is 0.381 e. The maximum absolute atomic E-state index is 14.6. The summed E-state index contributed by atoms with van der Waals surface area (Å²) in [5.41, 5.74) is 4.42. The van der Waals surface area contributed by atoms with Gasteiger partial charge >= 0.3 is 0 Å². The fourth-order valence-electron chi connectivity index (χ4n) is 8.00. The van der Waals surface area contributed by atoms with Crippen LogP contribution in [0.4, 0.5) is 5.82 Å². The van der Waals surface area contributed by atoms with Crippen LogP contribution in [0, 0.1) is 25.2 Å². The molecule has 4 atom stereocenters. The van der Waals surface area contributed by atoms with E-state index in [0.29, 0.717) is 47.0 Å². The summed E-state index contributed by atoms with van der Waals surface area (Å²) in [4.78, 5) is 56.6. The number of pyridine rings is 1. The first-order valence-corrected chi connectivity index (χ1v) is 18.0. The summed E-state index contributed by atoms with van der Waals surface area (Å²) in [6.07, 6.45) is 10.0. The molecule has 2 bridgehead atoms. The summed E-state index contributed by atoms with van der Waals surface area (Å²) >= 11 is 3.41. The minimum absolute atomic E-state index is 0.0954. The van der Waals surface area contributed by atoms with Crippen LogP contribution in [0.2, 0.25) is 0 Å². The Morgan fingerprint density at radius 3 is 2.57 bits per heavy atom. The van der Waals surface area contributed by atoms with Crippen molar-refractivity contribution in [3.05, 3.63) is 63.9 Å². The third kappa shape index (κ3) is 6.29. The van der Waals surface area contributed by atoms with Crippen molar-refractivity contribution in [3.63, 3.8) is 0 Å². The van der Waals surface area contributed by atoms with Gasteiger partial charge < -0.3 is 15.0 Å². The summed E-state index contributed by atoms with van der Waals surface area (Å²) < 4.78 is 8.56. The maximum Gasteiger partial charge on any atom is 0.248 e. The summed E-state index contributed by atoms with van der Waals surface area (Å²) in [5, 5.41) is 8.50. The van der Waals surface area contributed by atoms with Crippen molar-refractivity contribution in [1.82, 2.24) is 29.6 Å². The zero-order valence-corrected chi connectivity index (χ0v) is 30.0. The Kier molecular flexibility index (Phi) is 9.12. The fraction of sp³-hybridized carbons (Fsp3) is 0.486. The van der Waals surface area contributed by atoms with Crippen LogP contribution in [0.15, 0.2) is 41.3 Å². The van der Waals surface area contributed by atoms with E-state index in [0.717, 1.165) is 66.3 Å². The normalized spacial score (nSPS) is 24.4. The van der Waals surface area contributed by atoms with Crippen molar-refractivity contribution in [1.29, 1.82) is 0 Å². The number of nitrogens with zero attached hydrogens (tertiary/aromatic N) is 6. The number of ketones is 1. The van der Waals surface area contributed by atoms with E-state index >= 15 is 0 Å². The van der Waals surface area contributed by atoms with Gasteiger partial charge in [-0.25, -0.2) is 15.0 Å². The van der Waals surface area contributed by atoms with E-state index in [4.69, 9.17) is 9.84 Å². The molecule has 3 aromatic heterocycles. The lowest BCUT2D eigenvalue weighted by Crippen LogP contribution is -2.47. The Labute approximate surface area is 294 Å². The van der Waals surface area contributed by atoms with Crippen molar-refractivity contribution in [3.8, 4) is 11.1 Å². The van der Waals surface area contributed by atoms with Crippen LogP contribution < -0.4 is 5.32 Å². The van der Waals surface area contributed by atoms with Gasteiger partial charge in [0.25, 0.3) is 0 Å². The van der Waals surface area contributed by atoms with E-state index in [2.05, 4.69) is 49.2 Å². The van der Waals surface area contributed by atoms with Gasteiger partial charge in [0.1, 0.15) is 34.5 Å². The highest BCUT2D eigenvalue weighted by molar-refractivity contribution is 9.10. The molecule has 1 N–H and O–H groups in total. The number of carbonyl (C=O) groups excluding carboxylic acids is 3. The number of halogens is 1. The second-order valence-corrected chi connectivity index (χ2v) is 14.8. The van der Waals surface area contributed by atoms with Crippen molar-refractivity contribution in [2.24, 2.45) is 11.3 Å². The van der Waals surface area contributed by atoms with Gasteiger partial charge in [-0.1, -0.05) is 32.3 Å². The topological polar surface area (TPSA) is 132 Å². The predicted octanol–water partition coefficient (Wildman–Crippen LogP) is 6.24. The number of benzene rings is 1. The van der Waals surface area contributed by atoms with E-state index in [1.54, 1.807) is 22.0 Å². The van der Waals surface area contributed by atoms with Gasteiger partial charge in [0.2, 0.25) is 11.8 Å². The molecule has 2 fully saturated rings. The number of aromatic nitrogens is 5. The van der Waals surface area contributed by atoms with Crippen LogP contribution >= 0.6 is 15.9 Å². The predicted molar refractivity (Wildman–Crippen MR) is 189 cm³/mol. The zero-order chi connectivity index (χ0) is 34.4. The number of rotatable bonds is 4. The Balaban J connectivity index is 1.29. The Bertz CT molecular complexity index is 1940. The Morgan fingerprint density at radius 2 is 1.80 bits per heavy atom. The number of piperidine rings is 1. The summed E-state index contributed by atoms with van der Waals surface area (Å²) in [6.45, 7) is 8.47. The third-order valence-electron chi connectivity index (χ3n) is 10.7. The molecule has 49 heavy (non-hydrogen) atoms. The first kappa shape index (κ1) is 33.5. The minimum atomic E-state index is -0.696. The van der Waals surface area contributed by atoms with Crippen molar-refractivity contribution >= 4 is 50.2 Å². The van der Waals surface area contributed by atoms with E-state index in [-0.39, 0.29) is 41.5 Å². The monoisotopic (exact) mass is 727 g/mol. The highest BCUT2D eigenvalue weighted by Crippen LogP contribution is 2.64. The van der Waals surface area contributed by atoms with E-state index in [1.165, 1.54) is 6.92 Å². The first-order chi connectivity index (χ1) is 23.6. The summed E-state index contributed by atoms with van der Waals surface area (Å²) in [6, 6.07) is 6.97. The molecule has 256 valence electrons. The number of Topliss-reactive ketones (excluding diaryl/α,β-unsaturated/α-hetero) is 1. The Morgan fingerprint density at radius 1 is 1.04 bits per heavy atom. The third-order valence-corrected chi connectivity index (χ3v) is 11.2. The molecule has 1 aromatic carbocycles. The quantitative estimate of drug-likeness (QED) is 0.193. The lowest BCUT2D eigenvalue weighted by molar-refractivity contribution is -0.138. The van der Waals surface area contributed by atoms with Crippen LogP contribution in [-0.4, -0.2) is 72.5 Å². The molecule has 1 saturated heterocycles. The molecule has 0 radical (unpaired) electrons. The highest BCUT2D eigenvalue weighted by atomic mass is 79.9. The standard InChI is InChI=1S/C37H42BrN7O4/c1-21-11-12-30(38)41-35(21)42-36(48)29-16-37-20-49-13-9-7-5-6-8-10-25-14-26(27-17-39-24(4)40-18-27)15-28-32(23(3)46)43-44(33(25)28)19-31(47)45(29)34(37)22(37)2/h11-12,14-15,17-18,22,29,34H,5-10,13,16,19-20H2,1-4H3,(H,41,42,48)/t22?,29-,34?,37+/m0/s1. The van der Waals surface area contributed by atoms with E-state index in [9.17, 15) is 14.4 Å². The number of hydrogen-bond acceptors (Lipinski definition) is 8. The van der Waals surface area contributed by atoms with Crippen molar-refractivity contribution in [2.75, 3.05) is 18.5 Å². The number of carbonyl (C=O) groups is 3. The zero-order valence-electron chi connectivity index (χ0n) is 28.5. The SMILES string of the molecule is CC(=O)c1nn2c3c(cc(-c4cnc(C)nc4)cc13)CCCCCCCOC[C@@]13C[C@@H](C(=O)Nc4nc(Br)ccc4C)N(C(=O)C2)C1C3C. The number of ether oxygens (including phenoxy) is 1. The first-order valence-electron chi connectivity index (χ1n) is 17.2. The molecular formula is C37H42BrN7O4. The van der Waals surface area contributed by atoms with E-state index in [1.807, 2.05) is 32.0 Å².